The molecule has 0 aliphatic rings. The maximum absolute atomic E-state index is 12.0. The molecular weight excluding hydrogens is 252 g/mol. The van der Waals surface area contributed by atoms with Crippen LogP contribution in [0.25, 0.3) is 0 Å². The summed E-state index contributed by atoms with van der Waals surface area (Å²) in [6.45, 7) is 0.268. The number of hydrogen-bond donors (Lipinski definition) is 3. The number of aromatic amines is 1. The lowest BCUT2D eigenvalue weighted by molar-refractivity contribution is 0.581. The van der Waals surface area contributed by atoms with Gasteiger partial charge in [0.05, 0.1) is 5.69 Å². The van der Waals surface area contributed by atoms with E-state index >= 15 is 0 Å². The van der Waals surface area contributed by atoms with Crippen molar-refractivity contribution in [3.63, 3.8) is 0 Å². The van der Waals surface area contributed by atoms with Gasteiger partial charge in [0.1, 0.15) is 10.7 Å². The van der Waals surface area contributed by atoms with Gasteiger partial charge in [0, 0.05) is 25.4 Å². The highest BCUT2D eigenvalue weighted by Crippen LogP contribution is 2.16. The number of anilines is 1. The molecule has 2 aromatic rings. The third kappa shape index (κ3) is 2.88. The van der Waals surface area contributed by atoms with Gasteiger partial charge in [0.15, 0.2) is 0 Å². The molecule has 4 N–H and O–H groups in total. The number of rotatable bonds is 5. The highest BCUT2D eigenvalue weighted by atomic mass is 32.2. The molecule has 0 unspecified atom stereocenters. The van der Waals surface area contributed by atoms with Crippen molar-refractivity contribution >= 4 is 15.7 Å². The second kappa shape index (κ2) is 5.19. The second-order valence-corrected chi connectivity index (χ2v) is 5.46. The number of imidazole rings is 1. The Morgan fingerprint density at radius 2 is 2.11 bits per heavy atom. The first-order chi connectivity index (χ1) is 8.59. The lowest BCUT2D eigenvalue weighted by Gasteiger charge is -2.08. The molecule has 0 spiro atoms. The lowest BCUT2D eigenvalue weighted by Crippen LogP contribution is -2.26. The number of para-hydroxylation sites is 1. The van der Waals surface area contributed by atoms with E-state index in [1.54, 1.807) is 30.6 Å². The van der Waals surface area contributed by atoms with Crippen molar-refractivity contribution in [1.82, 2.24) is 14.7 Å². The van der Waals surface area contributed by atoms with Crippen molar-refractivity contribution in [1.29, 1.82) is 0 Å². The van der Waals surface area contributed by atoms with Gasteiger partial charge in [-0.25, -0.2) is 18.1 Å². The van der Waals surface area contributed by atoms with Crippen molar-refractivity contribution in [3.05, 3.63) is 42.5 Å². The number of aromatic nitrogens is 2. The van der Waals surface area contributed by atoms with E-state index in [9.17, 15) is 8.42 Å². The van der Waals surface area contributed by atoms with Crippen LogP contribution in [0.4, 0.5) is 5.69 Å². The molecule has 0 saturated heterocycles. The highest BCUT2D eigenvalue weighted by Gasteiger charge is 2.16. The Balaban J connectivity index is 2.02. The fourth-order valence-corrected chi connectivity index (χ4v) is 2.70. The zero-order chi connectivity index (χ0) is 13.0. The molecule has 1 aromatic heterocycles. The Kier molecular flexibility index (Phi) is 3.63. The smallest absolute Gasteiger partial charge is 0.242 e. The van der Waals surface area contributed by atoms with Gasteiger partial charge in [-0.2, -0.15) is 0 Å². The van der Waals surface area contributed by atoms with Crippen LogP contribution in [0.15, 0.2) is 41.6 Å². The lowest BCUT2D eigenvalue weighted by atomic mass is 10.3. The molecule has 18 heavy (non-hydrogen) atoms. The number of sulfonamides is 1. The summed E-state index contributed by atoms with van der Waals surface area (Å²) >= 11 is 0. The van der Waals surface area contributed by atoms with Crippen LogP contribution < -0.4 is 10.5 Å². The van der Waals surface area contributed by atoms with Crippen LogP contribution in [0.5, 0.6) is 0 Å². The molecule has 7 heteroatoms. The van der Waals surface area contributed by atoms with Gasteiger partial charge in [-0.3, -0.25) is 0 Å². The van der Waals surface area contributed by atoms with Crippen LogP contribution in [0, 0.1) is 0 Å². The number of benzene rings is 1. The summed E-state index contributed by atoms with van der Waals surface area (Å²) in [6, 6.07) is 6.36. The van der Waals surface area contributed by atoms with Crippen LogP contribution in [0.1, 0.15) is 5.82 Å². The normalized spacial score (nSPS) is 11.6. The molecule has 0 aliphatic carbocycles. The largest absolute Gasteiger partial charge is 0.398 e. The Morgan fingerprint density at radius 1 is 1.33 bits per heavy atom. The first-order valence-electron chi connectivity index (χ1n) is 5.42. The minimum absolute atomic E-state index is 0.101. The van der Waals surface area contributed by atoms with Crippen LogP contribution in [-0.2, 0) is 16.4 Å². The minimum Gasteiger partial charge on any atom is -0.398 e. The molecule has 2 rings (SSSR count). The van der Waals surface area contributed by atoms with Gasteiger partial charge >= 0.3 is 0 Å². The molecule has 0 bridgehead atoms. The topological polar surface area (TPSA) is 101 Å². The Labute approximate surface area is 105 Å². The van der Waals surface area contributed by atoms with E-state index in [-0.39, 0.29) is 17.1 Å². The average molecular weight is 266 g/mol. The number of hydrogen-bond acceptors (Lipinski definition) is 4. The summed E-state index contributed by atoms with van der Waals surface area (Å²) < 4.78 is 26.4. The van der Waals surface area contributed by atoms with Crippen LogP contribution in [0.2, 0.25) is 0 Å². The SMILES string of the molecule is Nc1ccccc1S(=O)(=O)NCCc1ncc[nH]1. The monoisotopic (exact) mass is 266 g/mol. The third-order valence-electron chi connectivity index (χ3n) is 2.42. The molecule has 0 fully saturated rings. The molecule has 1 aromatic carbocycles. The Morgan fingerprint density at radius 3 is 2.78 bits per heavy atom. The predicted octanol–water partition coefficient (Wildman–Crippen LogP) is 0.513. The van der Waals surface area contributed by atoms with Crippen molar-refractivity contribution in [2.75, 3.05) is 12.3 Å². The van der Waals surface area contributed by atoms with E-state index in [1.807, 2.05) is 0 Å². The fourth-order valence-electron chi connectivity index (χ4n) is 1.54. The molecule has 0 radical (unpaired) electrons. The van der Waals surface area contributed by atoms with Gasteiger partial charge < -0.3 is 10.7 Å². The Hall–Kier alpha value is -1.86. The first kappa shape index (κ1) is 12.6. The molecule has 0 aliphatic heterocycles. The summed E-state index contributed by atoms with van der Waals surface area (Å²) in [5.41, 5.74) is 5.87. The number of nitrogens with one attached hydrogen (secondary N) is 2. The van der Waals surface area contributed by atoms with E-state index in [2.05, 4.69) is 14.7 Å². The minimum atomic E-state index is -3.56. The maximum Gasteiger partial charge on any atom is 0.242 e. The number of nitrogen functional groups attached to an aromatic ring is 1. The molecule has 96 valence electrons. The molecule has 1 heterocycles. The quantitative estimate of drug-likeness (QED) is 0.686. The molecule has 0 saturated carbocycles. The molecule has 0 atom stereocenters. The number of nitrogens with zero attached hydrogens (tertiary/aromatic N) is 1. The van der Waals surface area contributed by atoms with Crippen LogP contribution in [0.3, 0.4) is 0 Å². The summed E-state index contributed by atoms with van der Waals surface area (Å²) in [5.74, 6) is 0.735. The van der Waals surface area contributed by atoms with E-state index in [0.29, 0.717) is 6.42 Å². The maximum atomic E-state index is 12.0. The average Bonchev–Trinajstić information content (AvgIpc) is 2.82. The van der Waals surface area contributed by atoms with Gasteiger partial charge in [-0.15, -0.1) is 0 Å². The second-order valence-electron chi connectivity index (χ2n) is 3.72. The standard InChI is InChI=1S/C11H14N4O2S/c12-9-3-1-2-4-10(9)18(16,17)15-6-5-11-13-7-8-14-11/h1-4,7-8,15H,5-6,12H2,(H,13,14). The number of nitrogens with two attached hydrogens (primary N) is 1. The van der Waals surface area contributed by atoms with Gasteiger partial charge in [0.25, 0.3) is 0 Å². The molecular formula is C11H14N4O2S. The summed E-state index contributed by atoms with van der Waals surface area (Å²) in [6.07, 6.45) is 3.82. The fraction of sp³-hybridized carbons (Fsp3) is 0.182. The van der Waals surface area contributed by atoms with Crippen molar-refractivity contribution in [2.24, 2.45) is 0 Å². The van der Waals surface area contributed by atoms with E-state index in [4.69, 9.17) is 5.73 Å². The van der Waals surface area contributed by atoms with Crippen molar-refractivity contribution in [2.45, 2.75) is 11.3 Å². The zero-order valence-electron chi connectivity index (χ0n) is 9.63. The molecule has 6 nitrogen and oxygen atoms in total. The van der Waals surface area contributed by atoms with Gasteiger partial charge in [0.2, 0.25) is 10.0 Å². The van der Waals surface area contributed by atoms with Crippen LogP contribution >= 0.6 is 0 Å². The van der Waals surface area contributed by atoms with E-state index in [0.717, 1.165) is 5.82 Å². The summed E-state index contributed by atoms with van der Waals surface area (Å²) in [4.78, 5) is 7.02. The third-order valence-corrected chi connectivity index (χ3v) is 3.95. The highest BCUT2D eigenvalue weighted by molar-refractivity contribution is 7.89. The van der Waals surface area contributed by atoms with Crippen molar-refractivity contribution in [3.8, 4) is 0 Å². The summed E-state index contributed by atoms with van der Waals surface area (Å²) in [5, 5.41) is 0. The van der Waals surface area contributed by atoms with Gasteiger partial charge in [-0.1, -0.05) is 12.1 Å². The first-order valence-corrected chi connectivity index (χ1v) is 6.90. The number of H-pyrrole nitrogens is 1. The van der Waals surface area contributed by atoms with E-state index in [1.165, 1.54) is 6.07 Å². The molecule has 0 amide bonds. The Bertz CT molecular complexity index is 608. The van der Waals surface area contributed by atoms with Crippen LogP contribution in [-0.4, -0.2) is 24.9 Å². The van der Waals surface area contributed by atoms with Gasteiger partial charge in [-0.05, 0) is 12.1 Å². The van der Waals surface area contributed by atoms with E-state index < -0.39 is 10.0 Å². The predicted molar refractivity (Wildman–Crippen MR) is 68.3 cm³/mol. The zero-order valence-corrected chi connectivity index (χ0v) is 10.4. The van der Waals surface area contributed by atoms with Crippen molar-refractivity contribution < 1.29 is 8.42 Å². The summed E-state index contributed by atoms with van der Waals surface area (Å²) in [7, 11) is -3.56.